The zero-order valence-electron chi connectivity index (χ0n) is 20.2. The number of rotatable bonds is 5. The van der Waals surface area contributed by atoms with E-state index in [1.165, 1.54) is 0 Å². The molecule has 4 aromatic rings. The van der Waals surface area contributed by atoms with E-state index in [-0.39, 0.29) is 30.5 Å². The first-order valence-electron chi connectivity index (χ1n) is 11.6. The second kappa shape index (κ2) is 9.95. The largest absolute Gasteiger partial charge is 0.497 e. The summed E-state index contributed by atoms with van der Waals surface area (Å²) in [6.45, 7) is 2.37. The molecule has 0 unspecified atom stereocenters. The molecule has 2 heterocycles. The molecule has 1 aliphatic rings. The van der Waals surface area contributed by atoms with E-state index in [0.29, 0.717) is 39.0 Å². The number of sulfone groups is 1. The van der Waals surface area contributed by atoms with Gasteiger partial charge in [0.25, 0.3) is 5.91 Å². The molecule has 0 bridgehead atoms. The van der Waals surface area contributed by atoms with Gasteiger partial charge in [0, 0.05) is 34.9 Å². The van der Waals surface area contributed by atoms with E-state index in [4.69, 9.17) is 16.3 Å². The second-order valence-corrected chi connectivity index (χ2v) is 11.5. The molecular formula is C26H24ClN5O4S. The maximum Gasteiger partial charge on any atom is 0.253 e. The third kappa shape index (κ3) is 5.35. The molecule has 5 rings (SSSR count). The van der Waals surface area contributed by atoms with E-state index in [0.717, 1.165) is 16.7 Å². The molecule has 1 fully saturated rings. The Kier molecular flexibility index (Phi) is 6.70. The molecule has 0 spiro atoms. The van der Waals surface area contributed by atoms with Gasteiger partial charge in [0.1, 0.15) is 11.3 Å². The van der Waals surface area contributed by atoms with Gasteiger partial charge in [-0.3, -0.25) is 4.79 Å². The van der Waals surface area contributed by atoms with Crippen LogP contribution in [0.2, 0.25) is 5.02 Å². The van der Waals surface area contributed by atoms with Crippen LogP contribution in [0.1, 0.15) is 15.9 Å². The number of halogens is 1. The number of aryl methyl sites for hydroxylation is 1. The van der Waals surface area contributed by atoms with E-state index in [2.05, 4.69) is 20.5 Å². The zero-order valence-corrected chi connectivity index (χ0v) is 21.8. The first-order chi connectivity index (χ1) is 17.7. The molecule has 3 aromatic carbocycles. The summed E-state index contributed by atoms with van der Waals surface area (Å²) in [5.41, 5.74) is 5.14. The zero-order chi connectivity index (χ0) is 26.2. The highest BCUT2D eigenvalue weighted by Gasteiger charge is 2.25. The fourth-order valence-electron chi connectivity index (χ4n) is 4.20. The van der Waals surface area contributed by atoms with Gasteiger partial charge in [-0.05, 0) is 72.6 Å². The number of fused-ring (bicyclic) bond motifs is 1. The molecule has 1 saturated heterocycles. The van der Waals surface area contributed by atoms with E-state index < -0.39 is 9.84 Å². The number of hydrogen-bond donors (Lipinski definition) is 1. The molecule has 0 aliphatic carbocycles. The Morgan fingerprint density at radius 3 is 2.46 bits per heavy atom. The third-order valence-corrected chi connectivity index (χ3v) is 8.19. The summed E-state index contributed by atoms with van der Waals surface area (Å²) >= 11 is 6.43. The Morgan fingerprint density at radius 1 is 1.03 bits per heavy atom. The molecule has 1 aromatic heterocycles. The average molecular weight is 538 g/mol. The first kappa shape index (κ1) is 24.9. The Labute approximate surface area is 219 Å². The molecular weight excluding hydrogens is 514 g/mol. The number of benzene rings is 3. The van der Waals surface area contributed by atoms with Crippen molar-refractivity contribution in [3.05, 3.63) is 70.7 Å². The number of hydrogen-bond acceptors (Lipinski definition) is 8. The summed E-state index contributed by atoms with van der Waals surface area (Å²) in [5.74, 6) is 0.837. The summed E-state index contributed by atoms with van der Waals surface area (Å²) in [4.78, 5) is 18.9. The van der Waals surface area contributed by atoms with Crippen LogP contribution in [0.25, 0.3) is 22.2 Å². The van der Waals surface area contributed by atoms with E-state index >= 15 is 0 Å². The van der Waals surface area contributed by atoms with Crippen molar-refractivity contribution in [3.8, 4) is 16.9 Å². The number of anilines is 2. The fraction of sp³-hybridized carbons (Fsp3) is 0.231. The number of nitrogens with one attached hydrogen (secondary N) is 1. The van der Waals surface area contributed by atoms with Crippen molar-refractivity contribution in [3.63, 3.8) is 0 Å². The molecule has 1 aliphatic heterocycles. The van der Waals surface area contributed by atoms with Gasteiger partial charge in [-0.2, -0.15) is 0 Å². The molecule has 9 nitrogen and oxygen atoms in total. The minimum atomic E-state index is -3.05. The van der Waals surface area contributed by atoms with Crippen LogP contribution in [-0.4, -0.2) is 66.1 Å². The van der Waals surface area contributed by atoms with Crippen molar-refractivity contribution in [1.29, 1.82) is 0 Å². The van der Waals surface area contributed by atoms with Crippen molar-refractivity contribution in [1.82, 2.24) is 20.1 Å². The Bertz CT molecular complexity index is 1600. The van der Waals surface area contributed by atoms with Crippen LogP contribution in [-0.2, 0) is 9.84 Å². The standard InChI is InChI=1S/C26H24ClN5O4S/c1-16-13-18(21-15-20(36-2)7-8-22(21)27)14-23-24(16)29-26(31-30-23)28-19-5-3-17(4-6-19)25(33)32-9-11-37(34,35)12-10-32/h3-8,13-15H,9-12H2,1-2H3,(H,28,29,31). The average Bonchev–Trinajstić information content (AvgIpc) is 2.89. The summed E-state index contributed by atoms with van der Waals surface area (Å²) < 4.78 is 28.6. The lowest BCUT2D eigenvalue weighted by atomic mass is 10.0. The predicted molar refractivity (Wildman–Crippen MR) is 143 cm³/mol. The Balaban J connectivity index is 1.34. The third-order valence-electron chi connectivity index (χ3n) is 6.25. The lowest BCUT2D eigenvalue weighted by Gasteiger charge is -2.26. The molecule has 0 saturated carbocycles. The number of carbonyl (C=O) groups excluding carboxylic acids is 1. The van der Waals surface area contributed by atoms with Crippen LogP contribution in [0, 0.1) is 6.92 Å². The Morgan fingerprint density at radius 2 is 1.76 bits per heavy atom. The van der Waals surface area contributed by atoms with Crippen LogP contribution in [0.4, 0.5) is 11.6 Å². The number of aromatic nitrogens is 3. The Hall–Kier alpha value is -3.76. The van der Waals surface area contributed by atoms with Gasteiger partial charge in [0.05, 0.1) is 24.1 Å². The minimum absolute atomic E-state index is 0.00181. The maximum atomic E-state index is 12.7. The smallest absolute Gasteiger partial charge is 0.253 e. The van der Waals surface area contributed by atoms with Crippen molar-refractivity contribution < 1.29 is 17.9 Å². The highest BCUT2D eigenvalue weighted by molar-refractivity contribution is 7.91. The van der Waals surface area contributed by atoms with Crippen molar-refractivity contribution in [2.45, 2.75) is 6.92 Å². The number of nitrogens with zero attached hydrogens (tertiary/aromatic N) is 4. The van der Waals surface area contributed by atoms with E-state index in [1.54, 1.807) is 42.3 Å². The van der Waals surface area contributed by atoms with Crippen LogP contribution in [0.15, 0.2) is 54.6 Å². The van der Waals surface area contributed by atoms with Gasteiger partial charge in [0.2, 0.25) is 5.95 Å². The van der Waals surface area contributed by atoms with Gasteiger partial charge in [-0.25, -0.2) is 13.4 Å². The summed E-state index contributed by atoms with van der Waals surface area (Å²) in [6, 6.07) is 16.2. The minimum Gasteiger partial charge on any atom is -0.497 e. The van der Waals surface area contributed by atoms with Crippen molar-refractivity contribution >= 4 is 50.0 Å². The van der Waals surface area contributed by atoms with Crippen molar-refractivity contribution in [2.24, 2.45) is 0 Å². The number of methoxy groups -OCH3 is 1. The molecule has 11 heteroatoms. The van der Waals surface area contributed by atoms with Gasteiger partial charge >= 0.3 is 0 Å². The molecule has 0 atom stereocenters. The van der Waals surface area contributed by atoms with Gasteiger partial charge in [-0.1, -0.05) is 11.6 Å². The molecule has 1 amide bonds. The molecule has 190 valence electrons. The van der Waals surface area contributed by atoms with Gasteiger partial charge < -0.3 is 15.0 Å². The van der Waals surface area contributed by atoms with E-state index in [9.17, 15) is 13.2 Å². The fourth-order valence-corrected chi connectivity index (χ4v) is 5.62. The lowest BCUT2D eigenvalue weighted by molar-refractivity contribution is 0.0770. The quantitative estimate of drug-likeness (QED) is 0.401. The van der Waals surface area contributed by atoms with E-state index in [1.807, 2.05) is 31.2 Å². The van der Waals surface area contributed by atoms with Crippen molar-refractivity contribution in [2.75, 3.05) is 37.0 Å². The number of ether oxygens (including phenoxy) is 1. The first-order valence-corrected chi connectivity index (χ1v) is 13.8. The highest BCUT2D eigenvalue weighted by Crippen LogP contribution is 2.34. The molecule has 37 heavy (non-hydrogen) atoms. The second-order valence-electron chi connectivity index (χ2n) is 8.79. The van der Waals surface area contributed by atoms with Crippen LogP contribution < -0.4 is 10.1 Å². The highest BCUT2D eigenvalue weighted by atomic mass is 35.5. The molecule has 1 N–H and O–H groups in total. The lowest BCUT2D eigenvalue weighted by Crippen LogP contribution is -2.43. The van der Waals surface area contributed by atoms with Gasteiger partial charge in [-0.15, -0.1) is 10.2 Å². The van der Waals surface area contributed by atoms with Crippen LogP contribution in [0.3, 0.4) is 0 Å². The molecule has 0 radical (unpaired) electrons. The van der Waals surface area contributed by atoms with Crippen LogP contribution >= 0.6 is 11.6 Å². The number of amides is 1. The van der Waals surface area contributed by atoms with Gasteiger partial charge in [0.15, 0.2) is 9.84 Å². The summed E-state index contributed by atoms with van der Waals surface area (Å²) in [7, 11) is -1.44. The van der Waals surface area contributed by atoms with Crippen LogP contribution in [0.5, 0.6) is 5.75 Å². The SMILES string of the molecule is COc1ccc(Cl)c(-c2cc(C)c3nc(Nc4ccc(C(=O)N5CCS(=O)(=O)CC5)cc4)nnc3c2)c1. The monoisotopic (exact) mass is 537 g/mol. The summed E-state index contributed by atoms with van der Waals surface area (Å²) in [6.07, 6.45) is 0. The topological polar surface area (TPSA) is 114 Å². The number of carbonyl (C=O) groups is 1. The predicted octanol–water partition coefficient (Wildman–Crippen LogP) is 4.28. The normalized spacial score (nSPS) is 14.9. The maximum absolute atomic E-state index is 12.7. The summed E-state index contributed by atoms with van der Waals surface area (Å²) in [5, 5.41) is 12.3.